The van der Waals surface area contributed by atoms with E-state index < -0.39 is 5.60 Å². The van der Waals surface area contributed by atoms with Crippen molar-refractivity contribution >= 4 is 18.5 Å². The minimum absolute atomic E-state index is 0.200. The highest BCUT2D eigenvalue weighted by Crippen LogP contribution is 2.66. The van der Waals surface area contributed by atoms with Gasteiger partial charge in [-0.25, -0.2) is 0 Å². The van der Waals surface area contributed by atoms with Gasteiger partial charge in [0.05, 0.1) is 19.3 Å². The van der Waals surface area contributed by atoms with E-state index in [-0.39, 0.29) is 17.1 Å². The Morgan fingerprint density at radius 1 is 1.14 bits per heavy atom. The van der Waals surface area contributed by atoms with Gasteiger partial charge in [-0.1, -0.05) is 36.8 Å². The number of nitrogens with one attached hydrogen (secondary N) is 1. The van der Waals surface area contributed by atoms with E-state index in [2.05, 4.69) is 23.8 Å². The van der Waals surface area contributed by atoms with E-state index in [0.29, 0.717) is 31.3 Å². The second-order valence-electron chi connectivity index (χ2n) is 10.6. The number of carbonyl (C=O) groups excluding carboxylic acids is 2. The van der Waals surface area contributed by atoms with Gasteiger partial charge >= 0.3 is 0 Å². The largest absolute Gasteiger partial charge is 0.471 e. The molecule has 4 unspecified atom stereocenters. The summed E-state index contributed by atoms with van der Waals surface area (Å²) in [5.41, 5.74) is 5.41. The topological polar surface area (TPSA) is 96.7 Å². The highest BCUT2D eigenvalue weighted by Gasteiger charge is 2.62. The maximum Gasteiger partial charge on any atom is 0.292 e. The van der Waals surface area contributed by atoms with Crippen molar-refractivity contribution in [1.82, 2.24) is 0 Å². The van der Waals surface area contributed by atoms with Crippen LogP contribution in [-0.4, -0.2) is 50.0 Å². The molecule has 2 N–H and O–H groups in total. The highest BCUT2D eigenvalue weighted by atomic mass is 16.5. The second-order valence-corrected chi connectivity index (χ2v) is 10.6. The standard InChI is InChI=1S/C27H33NO3.C2H4O2/c1-26-14-23(18-5-3-17(15-28)4-6-18)25-21-10-8-20(29)13-19(21)7-9-22(25)24(26)11-12-27(26,30)16-31-2;1-4-2-3/h3-6,13,15,22-24,28,30H,7-12,14,16H2,1-2H3;2H,1H3/t22?,23?,24?,26?,27-;/m1./s1. The van der Waals surface area contributed by atoms with Crippen molar-refractivity contribution in [3.05, 3.63) is 58.2 Å². The summed E-state index contributed by atoms with van der Waals surface area (Å²) in [5, 5.41) is 19.3. The molecule has 0 bridgehead atoms. The van der Waals surface area contributed by atoms with E-state index in [1.165, 1.54) is 35.6 Å². The Kier molecular flexibility index (Phi) is 7.43. The molecule has 2 saturated carbocycles. The summed E-state index contributed by atoms with van der Waals surface area (Å²) in [6, 6.07) is 8.37. The number of rotatable bonds is 5. The lowest BCUT2D eigenvalue weighted by Crippen LogP contribution is -2.53. The van der Waals surface area contributed by atoms with Crippen LogP contribution in [0.15, 0.2) is 47.1 Å². The summed E-state index contributed by atoms with van der Waals surface area (Å²) in [6.07, 6.45) is 9.53. The van der Waals surface area contributed by atoms with Gasteiger partial charge in [-0.15, -0.1) is 0 Å². The summed E-state index contributed by atoms with van der Waals surface area (Å²) >= 11 is 0. The Balaban J connectivity index is 0.000000672. The third-order valence-electron chi connectivity index (χ3n) is 9.04. The van der Waals surface area contributed by atoms with Gasteiger partial charge < -0.3 is 20.0 Å². The number of allylic oxidation sites excluding steroid dienone is 4. The van der Waals surface area contributed by atoms with Crippen LogP contribution in [-0.2, 0) is 19.1 Å². The molecular formula is C29H37NO5. The summed E-state index contributed by atoms with van der Waals surface area (Å²) < 4.78 is 9.38. The number of hydrogen-bond acceptors (Lipinski definition) is 6. The quantitative estimate of drug-likeness (QED) is 0.469. The zero-order valence-electron chi connectivity index (χ0n) is 21.0. The summed E-state index contributed by atoms with van der Waals surface area (Å²) in [5.74, 6) is 1.41. The van der Waals surface area contributed by atoms with Gasteiger partial charge in [-0.2, -0.15) is 0 Å². The monoisotopic (exact) mass is 479 g/mol. The van der Waals surface area contributed by atoms with Gasteiger partial charge in [0.25, 0.3) is 6.47 Å². The van der Waals surface area contributed by atoms with E-state index in [4.69, 9.17) is 14.9 Å². The fourth-order valence-electron chi connectivity index (χ4n) is 7.35. The van der Waals surface area contributed by atoms with Gasteiger partial charge in [0.2, 0.25) is 0 Å². The average Bonchev–Trinajstić information content (AvgIpc) is 3.13. The SMILES string of the molecule is COC=O.COC[C@]1(O)CCC2C3CCC4=CC(=O)CCC4=C3C(c3ccc(C=N)cc3)CC21C. The summed E-state index contributed by atoms with van der Waals surface area (Å²) in [7, 11) is 3.00. The van der Waals surface area contributed by atoms with Gasteiger partial charge in [0.15, 0.2) is 5.78 Å². The minimum Gasteiger partial charge on any atom is -0.471 e. The average molecular weight is 480 g/mol. The molecule has 4 aliphatic rings. The zero-order valence-corrected chi connectivity index (χ0v) is 21.0. The number of aliphatic hydroxyl groups is 1. The second kappa shape index (κ2) is 10.2. The van der Waals surface area contributed by atoms with Gasteiger partial charge in [0, 0.05) is 31.1 Å². The maximum absolute atomic E-state index is 12.1. The maximum atomic E-state index is 12.1. The lowest BCUT2D eigenvalue weighted by atomic mass is 9.51. The van der Waals surface area contributed by atoms with Crippen LogP contribution in [0.3, 0.4) is 0 Å². The van der Waals surface area contributed by atoms with Crippen molar-refractivity contribution < 1.29 is 24.2 Å². The first kappa shape index (κ1) is 25.5. The van der Waals surface area contributed by atoms with Crippen LogP contribution in [0, 0.1) is 22.7 Å². The zero-order chi connectivity index (χ0) is 25.2. The Morgan fingerprint density at radius 2 is 1.86 bits per heavy atom. The molecule has 0 radical (unpaired) electrons. The van der Waals surface area contributed by atoms with E-state index in [9.17, 15) is 9.90 Å². The molecule has 0 aromatic heterocycles. The van der Waals surface area contributed by atoms with E-state index in [0.717, 1.165) is 44.1 Å². The van der Waals surface area contributed by atoms with Crippen LogP contribution in [0.25, 0.3) is 0 Å². The molecule has 5 rings (SSSR count). The fraction of sp³-hybridized carbons (Fsp3) is 0.552. The van der Waals surface area contributed by atoms with Crippen molar-refractivity contribution in [2.75, 3.05) is 20.8 Å². The molecule has 0 heterocycles. The lowest BCUT2D eigenvalue weighted by Gasteiger charge is -2.54. The van der Waals surface area contributed by atoms with Crippen molar-refractivity contribution in [2.24, 2.45) is 17.3 Å². The van der Waals surface area contributed by atoms with Gasteiger partial charge in [-0.3, -0.25) is 9.59 Å². The van der Waals surface area contributed by atoms with Crippen LogP contribution in [0.4, 0.5) is 0 Å². The van der Waals surface area contributed by atoms with Crippen LogP contribution in [0.1, 0.15) is 68.9 Å². The van der Waals surface area contributed by atoms with Crippen molar-refractivity contribution in [1.29, 1.82) is 5.41 Å². The number of benzene rings is 1. The minimum atomic E-state index is -0.797. The summed E-state index contributed by atoms with van der Waals surface area (Å²) in [6.45, 7) is 3.05. The van der Waals surface area contributed by atoms with Crippen LogP contribution < -0.4 is 0 Å². The number of ether oxygens (including phenoxy) is 2. The fourth-order valence-corrected chi connectivity index (χ4v) is 7.35. The Labute approximate surface area is 207 Å². The first-order valence-corrected chi connectivity index (χ1v) is 12.6. The molecule has 2 fully saturated rings. The predicted molar refractivity (Wildman–Crippen MR) is 134 cm³/mol. The molecule has 188 valence electrons. The van der Waals surface area contributed by atoms with Gasteiger partial charge in [0.1, 0.15) is 0 Å². The molecule has 1 aromatic carbocycles. The van der Waals surface area contributed by atoms with Crippen molar-refractivity contribution in [2.45, 2.75) is 63.4 Å². The van der Waals surface area contributed by atoms with E-state index in [1.54, 1.807) is 7.11 Å². The number of hydrogen-bond donors (Lipinski definition) is 2. The van der Waals surface area contributed by atoms with E-state index in [1.807, 2.05) is 18.2 Å². The third kappa shape index (κ3) is 4.43. The molecule has 0 amide bonds. The molecule has 0 saturated heterocycles. The number of methoxy groups -OCH3 is 2. The predicted octanol–water partition coefficient (Wildman–Crippen LogP) is 4.75. The molecule has 0 aliphatic heterocycles. The number of ketones is 1. The normalized spacial score (nSPS) is 33.4. The molecule has 6 nitrogen and oxygen atoms in total. The molecular weight excluding hydrogens is 442 g/mol. The first-order chi connectivity index (χ1) is 16.8. The van der Waals surface area contributed by atoms with Gasteiger partial charge in [-0.05, 0) is 78.7 Å². The van der Waals surface area contributed by atoms with Crippen molar-refractivity contribution in [3.63, 3.8) is 0 Å². The Bertz CT molecular complexity index is 1040. The Morgan fingerprint density at radius 3 is 2.49 bits per heavy atom. The molecule has 4 aliphatic carbocycles. The first-order valence-electron chi connectivity index (χ1n) is 12.6. The summed E-state index contributed by atoms with van der Waals surface area (Å²) in [4.78, 5) is 21.1. The number of fused-ring (bicyclic) bond motifs is 4. The van der Waals surface area contributed by atoms with Crippen LogP contribution in [0.5, 0.6) is 0 Å². The third-order valence-corrected chi connectivity index (χ3v) is 9.04. The molecule has 1 aromatic rings. The lowest BCUT2D eigenvalue weighted by molar-refractivity contribution is -0.128. The highest BCUT2D eigenvalue weighted by molar-refractivity contribution is 5.93. The molecule has 35 heavy (non-hydrogen) atoms. The van der Waals surface area contributed by atoms with Crippen LogP contribution in [0.2, 0.25) is 0 Å². The number of carbonyl (C=O) groups is 2. The van der Waals surface area contributed by atoms with Crippen molar-refractivity contribution in [3.8, 4) is 0 Å². The smallest absolute Gasteiger partial charge is 0.292 e. The molecule has 6 heteroatoms. The van der Waals surface area contributed by atoms with Crippen LogP contribution >= 0.6 is 0 Å². The molecule has 0 spiro atoms. The molecule has 5 atom stereocenters. The Hall–Kier alpha value is -2.57. The van der Waals surface area contributed by atoms with E-state index >= 15 is 0 Å².